The van der Waals surface area contributed by atoms with Crippen LogP contribution in [0.1, 0.15) is 12.5 Å². The SMILES string of the molecule is CC(=[N+]=[N-])C(=O)N(C)c1ccc(C)cc1. The standard InChI is InChI=1S/C11H13N3O/c1-8-4-6-10(7-5-8)14(3)11(15)9(2)13-12/h4-7H,1-3H3. The highest BCUT2D eigenvalue weighted by Crippen LogP contribution is 2.13. The smallest absolute Gasteiger partial charge is 0.353 e. The van der Waals surface area contributed by atoms with E-state index in [0.717, 1.165) is 11.3 Å². The van der Waals surface area contributed by atoms with E-state index in [1.165, 1.54) is 11.8 Å². The molecule has 1 rings (SSSR count). The molecule has 0 aliphatic heterocycles. The van der Waals surface area contributed by atoms with Crippen molar-refractivity contribution < 1.29 is 9.58 Å². The highest BCUT2D eigenvalue weighted by Gasteiger charge is 2.19. The molecule has 0 heterocycles. The zero-order chi connectivity index (χ0) is 11.4. The van der Waals surface area contributed by atoms with E-state index >= 15 is 0 Å². The molecule has 1 aromatic carbocycles. The molecule has 0 fully saturated rings. The number of amides is 1. The quantitative estimate of drug-likeness (QED) is 0.409. The van der Waals surface area contributed by atoms with Crippen LogP contribution in [0.3, 0.4) is 0 Å². The van der Waals surface area contributed by atoms with Crippen molar-refractivity contribution >= 4 is 17.3 Å². The van der Waals surface area contributed by atoms with Gasteiger partial charge < -0.3 is 10.4 Å². The number of benzene rings is 1. The first kappa shape index (κ1) is 11.1. The van der Waals surface area contributed by atoms with E-state index in [-0.39, 0.29) is 11.6 Å². The number of nitrogens with zero attached hydrogens (tertiary/aromatic N) is 3. The fourth-order valence-electron chi connectivity index (χ4n) is 1.17. The van der Waals surface area contributed by atoms with Crippen molar-refractivity contribution in [2.45, 2.75) is 13.8 Å². The van der Waals surface area contributed by atoms with E-state index in [1.807, 2.05) is 31.2 Å². The Labute approximate surface area is 88.8 Å². The molecule has 0 atom stereocenters. The summed E-state index contributed by atoms with van der Waals surface area (Å²) in [5.74, 6) is -0.318. The number of hydrogen-bond acceptors (Lipinski definition) is 1. The van der Waals surface area contributed by atoms with E-state index in [2.05, 4.69) is 4.79 Å². The summed E-state index contributed by atoms with van der Waals surface area (Å²) in [5.41, 5.74) is 10.5. The van der Waals surface area contributed by atoms with E-state index in [9.17, 15) is 4.79 Å². The van der Waals surface area contributed by atoms with Gasteiger partial charge in [-0.05, 0) is 19.1 Å². The van der Waals surface area contributed by atoms with Crippen LogP contribution < -0.4 is 4.90 Å². The van der Waals surface area contributed by atoms with Gasteiger partial charge in [-0.3, -0.25) is 4.79 Å². The maximum atomic E-state index is 11.6. The molecule has 0 aliphatic rings. The van der Waals surface area contributed by atoms with Gasteiger partial charge in [0.15, 0.2) is 0 Å². The van der Waals surface area contributed by atoms with Crippen molar-refractivity contribution in [1.82, 2.24) is 0 Å². The Morgan fingerprint density at radius 2 is 1.87 bits per heavy atom. The minimum Gasteiger partial charge on any atom is -0.361 e. The first-order chi connectivity index (χ1) is 7.06. The van der Waals surface area contributed by atoms with Gasteiger partial charge in [-0.2, -0.15) is 4.79 Å². The summed E-state index contributed by atoms with van der Waals surface area (Å²) in [5, 5.41) is 0. The molecule has 4 nitrogen and oxygen atoms in total. The van der Waals surface area contributed by atoms with Crippen LogP contribution >= 0.6 is 0 Å². The molecule has 0 unspecified atom stereocenters. The summed E-state index contributed by atoms with van der Waals surface area (Å²) in [6.45, 7) is 3.44. The van der Waals surface area contributed by atoms with Crippen LogP contribution in [0.5, 0.6) is 0 Å². The van der Waals surface area contributed by atoms with Gasteiger partial charge in [-0.15, -0.1) is 0 Å². The van der Waals surface area contributed by atoms with Crippen LogP contribution in [-0.2, 0) is 4.79 Å². The first-order valence-corrected chi connectivity index (χ1v) is 4.59. The second-order valence-corrected chi connectivity index (χ2v) is 3.39. The third kappa shape index (κ3) is 2.51. The van der Waals surface area contributed by atoms with Gasteiger partial charge in [0, 0.05) is 19.7 Å². The molecule has 0 aliphatic carbocycles. The van der Waals surface area contributed by atoms with Crippen LogP contribution in [0.25, 0.3) is 5.53 Å². The Hall–Kier alpha value is -1.93. The van der Waals surface area contributed by atoms with Crippen LogP contribution in [0, 0.1) is 6.92 Å². The van der Waals surface area contributed by atoms with Crippen molar-refractivity contribution in [3.05, 3.63) is 35.4 Å². The van der Waals surface area contributed by atoms with Gasteiger partial charge in [0.25, 0.3) is 0 Å². The zero-order valence-electron chi connectivity index (χ0n) is 9.06. The monoisotopic (exact) mass is 203 g/mol. The Bertz CT molecular complexity index is 416. The Kier molecular flexibility index (Phi) is 3.37. The van der Waals surface area contributed by atoms with E-state index in [4.69, 9.17) is 5.53 Å². The maximum absolute atomic E-state index is 11.6. The number of carbonyl (C=O) groups is 1. The van der Waals surface area contributed by atoms with Crippen molar-refractivity contribution in [3.8, 4) is 0 Å². The second-order valence-electron chi connectivity index (χ2n) is 3.39. The third-order valence-electron chi connectivity index (χ3n) is 2.19. The van der Waals surface area contributed by atoms with Gasteiger partial charge in [0.2, 0.25) is 0 Å². The predicted molar refractivity (Wildman–Crippen MR) is 58.9 cm³/mol. The molecule has 1 amide bonds. The lowest BCUT2D eigenvalue weighted by molar-refractivity contribution is -0.116. The summed E-state index contributed by atoms with van der Waals surface area (Å²) < 4.78 is 0. The number of aryl methyl sites for hydroxylation is 1. The molecule has 15 heavy (non-hydrogen) atoms. The first-order valence-electron chi connectivity index (χ1n) is 4.59. The number of carbonyl (C=O) groups excluding carboxylic acids is 1. The van der Waals surface area contributed by atoms with Crippen LogP contribution in [-0.4, -0.2) is 23.5 Å². The van der Waals surface area contributed by atoms with Gasteiger partial charge in [0.1, 0.15) is 0 Å². The van der Waals surface area contributed by atoms with E-state index < -0.39 is 0 Å². The summed E-state index contributed by atoms with van der Waals surface area (Å²) in [6.07, 6.45) is 0. The fraction of sp³-hybridized carbons (Fsp3) is 0.273. The van der Waals surface area contributed by atoms with E-state index in [1.54, 1.807) is 7.05 Å². The Morgan fingerprint density at radius 3 is 2.33 bits per heavy atom. The van der Waals surface area contributed by atoms with Crippen LogP contribution in [0.2, 0.25) is 0 Å². The molecule has 78 valence electrons. The summed E-state index contributed by atoms with van der Waals surface area (Å²) in [4.78, 5) is 15.9. The van der Waals surface area contributed by atoms with Crippen molar-refractivity contribution in [2.75, 3.05) is 11.9 Å². The minimum absolute atomic E-state index is 0.0677. The predicted octanol–water partition coefficient (Wildman–Crippen LogP) is 1.65. The molecule has 0 radical (unpaired) electrons. The highest BCUT2D eigenvalue weighted by atomic mass is 16.2. The van der Waals surface area contributed by atoms with Crippen molar-refractivity contribution in [3.63, 3.8) is 0 Å². The molecule has 0 spiro atoms. The molecule has 0 aromatic heterocycles. The largest absolute Gasteiger partial charge is 0.361 e. The molecule has 4 heteroatoms. The normalized spacial score (nSPS) is 9.27. The Balaban J connectivity index is 2.95. The third-order valence-corrected chi connectivity index (χ3v) is 2.19. The van der Waals surface area contributed by atoms with Gasteiger partial charge >= 0.3 is 11.6 Å². The average molecular weight is 203 g/mol. The molecule has 0 saturated carbocycles. The van der Waals surface area contributed by atoms with E-state index in [0.29, 0.717) is 0 Å². The molecule has 0 bridgehead atoms. The zero-order valence-corrected chi connectivity index (χ0v) is 9.06. The van der Waals surface area contributed by atoms with Crippen molar-refractivity contribution in [1.29, 1.82) is 0 Å². The lowest BCUT2D eigenvalue weighted by atomic mass is 10.2. The minimum atomic E-state index is -0.318. The number of anilines is 1. The Morgan fingerprint density at radius 1 is 1.33 bits per heavy atom. The molecule has 0 saturated heterocycles. The molecular formula is C11H13N3O. The maximum Gasteiger partial charge on any atom is 0.353 e. The fourth-order valence-corrected chi connectivity index (χ4v) is 1.17. The van der Waals surface area contributed by atoms with Gasteiger partial charge in [0.05, 0.1) is 0 Å². The summed E-state index contributed by atoms with van der Waals surface area (Å²) in [7, 11) is 1.64. The van der Waals surface area contributed by atoms with Crippen molar-refractivity contribution in [2.24, 2.45) is 0 Å². The molecular weight excluding hydrogens is 190 g/mol. The lowest BCUT2D eigenvalue weighted by Crippen LogP contribution is -2.32. The lowest BCUT2D eigenvalue weighted by Gasteiger charge is -2.14. The summed E-state index contributed by atoms with van der Waals surface area (Å²) >= 11 is 0. The second kappa shape index (κ2) is 4.53. The number of rotatable bonds is 2. The number of hydrogen-bond donors (Lipinski definition) is 0. The van der Waals surface area contributed by atoms with Gasteiger partial charge in [-0.25, -0.2) is 0 Å². The highest BCUT2D eigenvalue weighted by molar-refractivity contribution is 6.40. The van der Waals surface area contributed by atoms with Crippen LogP contribution in [0.15, 0.2) is 24.3 Å². The molecule has 0 N–H and O–H groups in total. The average Bonchev–Trinajstić information content (AvgIpc) is 2.27. The molecule has 1 aromatic rings. The van der Waals surface area contributed by atoms with Gasteiger partial charge in [-0.1, -0.05) is 17.7 Å². The summed E-state index contributed by atoms with van der Waals surface area (Å²) in [6, 6.07) is 7.53. The topological polar surface area (TPSA) is 56.7 Å². The van der Waals surface area contributed by atoms with Crippen LogP contribution in [0.4, 0.5) is 5.69 Å².